The van der Waals surface area contributed by atoms with Crippen LogP contribution in [-0.4, -0.2) is 16.1 Å². The van der Waals surface area contributed by atoms with Crippen molar-refractivity contribution >= 4 is 32.8 Å². The van der Waals surface area contributed by atoms with Crippen molar-refractivity contribution in [2.45, 2.75) is 5.33 Å². The number of carboxylic acid groups (broad SMARTS) is 1. The lowest BCUT2D eigenvalue weighted by Crippen LogP contribution is -2.06. The summed E-state index contributed by atoms with van der Waals surface area (Å²) < 4.78 is 13.1. The smallest absolute Gasteiger partial charge is 0.336 e. The Balaban J connectivity index is 2.39. The minimum absolute atomic E-state index is 0.224. The standard InChI is InChI=1S/C17H11BrFNO2/c18-9-13-15(17(21)22)12-3-1-2-4-14(12)20-16(13)10-5-7-11(19)8-6-10/h1-8H,9H2,(H,21,22). The number of fused-ring (bicyclic) bond motifs is 1. The third-order valence-electron chi connectivity index (χ3n) is 3.46. The van der Waals surface area contributed by atoms with Gasteiger partial charge in [-0.1, -0.05) is 34.1 Å². The second-order valence-electron chi connectivity index (χ2n) is 4.78. The second kappa shape index (κ2) is 5.85. The number of carbonyl (C=O) groups is 1. The van der Waals surface area contributed by atoms with Crippen molar-refractivity contribution < 1.29 is 14.3 Å². The molecule has 0 fully saturated rings. The molecule has 0 saturated carbocycles. The summed E-state index contributed by atoms with van der Waals surface area (Å²) in [5, 5.41) is 10.5. The van der Waals surface area contributed by atoms with E-state index in [2.05, 4.69) is 20.9 Å². The maximum atomic E-state index is 13.1. The lowest BCUT2D eigenvalue weighted by atomic mass is 9.98. The molecule has 22 heavy (non-hydrogen) atoms. The quantitative estimate of drug-likeness (QED) is 0.693. The molecule has 3 aromatic rings. The number of rotatable bonds is 3. The molecule has 3 rings (SSSR count). The Labute approximate surface area is 134 Å². The third-order valence-corrected chi connectivity index (χ3v) is 4.02. The molecular formula is C17H11BrFNO2. The van der Waals surface area contributed by atoms with Gasteiger partial charge in [-0.3, -0.25) is 0 Å². The molecule has 0 saturated heterocycles. The number of pyridine rings is 1. The van der Waals surface area contributed by atoms with Crippen molar-refractivity contribution in [3.63, 3.8) is 0 Å². The van der Waals surface area contributed by atoms with Gasteiger partial charge in [0.15, 0.2) is 0 Å². The molecule has 0 spiro atoms. The Morgan fingerprint density at radius 3 is 2.45 bits per heavy atom. The van der Waals surface area contributed by atoms with Gasteiger partial charge >= 0.3 is 5.97 Å². The maximum Gasteiger partial charge on any atom is 0.336 e. The molecule has 1 heterocycles. The van der Waals surface area contributed by atoms with Crippen molar-refractivity contribution in [3.8, 4) is 11.3 Å². The van der Waals surface area contributed by atoms with Crippen LogP contribution < -0.4 is 0 Å². The van der Waals surface area contributed by atoms with E-state index in [-0.39, 0.29) is 11.4 Å². The van der Waals surface area contributed by atoms with Gasteiger partial charge in [-0.2, -0.15) is 0 Å². The van der Waals surface area contributed by atoms with Crippen molar-refractivity contribution in [3.05, 3.63) is 65.5 Å². The number of nitrogens with zero attached hydrogens (tertiary/aromatic N) is 1. The van der Waals surface area contributed by atoms with E-state index < -0.39 is 5.97 Å². The van der Waals surface area contributed by atoms with Crippen molar-refractivity contribution in [1.82, 2.24) is 4.98 Å². The van der Waals surface area contributed by atoms with Crippen LogP contribution in [0.2, 0.25) is 0 Å². The maximum absolute atomic E-state index is 13.1. The number of halogens is 2. The van der Waals surface area contributed by atoms with E-state index in [0.717, 1.165) is 0 Å². The summed E-state index contributed by atoms with van der Waals surface area (Å²) in [6.07, 6.45) is 0. The summed E-state index contributed by atoms with van der Waals surface area (Å²) >= 11 is 3.35. The summed E-state index contributed by atoms with van der Waals surface area (Å²) in [6, 6.07) is 13.0. The number of aromatic nitrogens is 1. The van der Waals surface area contributed by atoms with Gasteiger partial charge in [0.05, 0.1) is 16.8 Å². The van der Waals surface area contributed by atoms with Crippen LogP contribution in [0.1, 0.15) is 15.9 Å². The van der Waals surface area contributed by atoms with Crippen LogP contribution in [0, 0.1) is 5.82 Å². The topological polar surface area (TPSA) is 50.2 Å². The number of alkyl halides is 1. The summed E-state index contributed by atoms with van der Waals surface area (Å²) in [6.45, 7) is 0. The molecule has 0 unspecified atom stereocenters. The van der Waals surface area contributed by atoms with E-state index in [1.807, 2.05) is 6.07 Å². The first-order valence-corrected chi connectivity index (χ1v) is 7.70. The zero-order chi connectivity index (χ0) is 15.7. The van der Waals surface area contributed by atoms with Gasteiger partial charge in [0.2, 0.25) is 0 Å². The van der Waals surface area contributed by atoms with Crippen LogP contribution in [-0.2, 0) is 5.33 Å². The highest BCUT2D eigenvalue weighted by Gasteiger charge is 2.20. The molecule has 1 aromatic heterocycles. The zero-order valence-electron chi connectivity index (χ0n) is 11.4. The van der Waals surface area contributed by atoms with E-state index in [4.69, 9.17) is 0 Å². The molecule has 0 atom stereocenters. The van der Waals surface area contributed by atoms with E-state index in [0.29, 0.717) is 33.1 Å². The SMILES string of the molecule is O=C(O)c1c(CBr)c(-c2ccc(F)cc2)nc2ccccc12. The molecule has 5 heteroatoms. The molecule has 0 radical (unpaired) electrons. The Hall–Kier alpha value is -2.27. The summed E-state index contributed by atoms with van der Waals surface area (Å²) in [5.41, 5.74) is 2.64. The molecular weight excluding hydrogens is 349 g/mol. The number of benzene rings is 2. The van der Waals surface area contributed by atoms with Crippen LogP contribution >= 0.6 is 15.9 Å². The fourth-order valence-corrected chi connectivity index (χ4v) is 3.02. The lowest BCUT2D eigenvalue weighted by molar-refractivity contribution is 0.0698. The Morgan fingerprint density at radius 2 is 1.82 bits per heavy atom. The summed E-state index contributed by atoms with van der Waals surface area (Å²) in [4.78, 5) is 16.3. The van der Waals surface area contributed by atoms with Crippen molar-refractivity contribution in [2.75, 3.05) is 0 Å². The Morgan fingerprint density at radius 1 is 1.14 bits per heavy atom. The molecule has 0 aliphatic rings. The van der Waals surface area contributed by atoms with Crippen LogP contribution in [0.5, 0.6) is 0 Å². The molecule has 2 aromatic carbocycles. The van der Waals surface area contributed by atoms with Gasteiger partial charge in [0.25, 0.3) is 0 Å². The average molecular weight is 360 g/mol. The average Bonchev–Trinajstić information content (AvgIpc) is 2.53. The summed E-state index contributed by atoms with van der Waals surface area (Å²) in [7, 11) is 0. The highest BCUT2D eigenvalue weighted by molar-refractivity contribution is 9.08. The van der Waals surface area contributed by atoms with Gasteiger partial charge in [-0.25, -0.2) is 14.2 Å². The largest absolute Gasteiger partial charge is 0.478 e. The zero-order valence-corrected chi connectivity index (χ0v) is 13.0. The first-order valence-electron chi connectivity index (χ1n) is 6.58. The van der Waals surface area contributed by atoms with Gasteiger partial charge < -0.3 is 5.11 Å². The number of hydrogen-bond acceptors (Lipinski definition) is 2. The molecule has 0 aliphatic carbocycles. The fourth-order valence-electron chi connectivity index (χ4n) is 2.47. The first-order chi connectivity index (χ1) is 10.6. The predicted octanol–water partition coefficient (Wildman–Crippen LogP) is 4.63. The fraction of sp³-hybridized carbons (Fsp3) is 0.0588. The van der Waals surface area contributed by atoms with Crippen molar-refractivity contribution in [2.24, 2.45) is 0 Å². The molecule has 0 amide bonds. The van der Waals surface area contributed by atoms with Gasteiger partial charge in [-0.05, 0) is 30.3 Å². The minimum Gasteiger partial charge on any atom is -0.478 e. The van der Waals surface area contributed by atoms with E-state index in [9.17, 15) is 14.3 Å². The van der Waals surface area contributed by atoms with Crippen LogP contribution in [0.25, 0.3) is 22.2 Å². The van der Waals surface area contributed by atoms with E-state index >= 15 is 0 Å². The molecule has 1 N–H and O–H groups in total. The molecule has 3 nitrogen and oxygen atoms in total. The lowest BCUT2D eigenvalue weighted by Gasteiger charge is -2.13. The molecule has 0 aliphatic heterocycles. The van der Waals surface area contributed by atoms with Crippen LogP contribution in [0.3, 0.4) is 0 Å². The predicted molar refractivity (Wildman–Crippen MR) is 86.7 cm³/mol. The normalized spacial score (nSPS) is 10.8. The van der Waals surface area contributed by atoms with E-state index in [1.54, 1.807) is 30.3 Å². The summed E-state index contributed by atoms with van der Waals surface area (Å²) in [5.74, 6) is -1.35. The molecule has 0 bridgehead atoms. The second-order valence-corrected chi connectivity index (χ2v) is 5.34. The highest BCUT2D eigenvalue weighted by atomic mass is 79.9. The number of hydrogen-bond donors (Lipinski definition) is 1. The number of carboxylic acids is 1. The minimum atomic E-state index is -1.00. The van der Waals surface area contributed by atoms with Gasteiger partial charge in [0.1, 0.15) is 5.82 Å². The van der Waals surface area contributed by atoms with Crippen molar-refractivity contribution in [1.29, 1.82) is 0 Å². The van der Waals surface area contributed by atoms with Crippen LogP contribution in [0.15, 0.2) is 48.5 Å². The first kappa shape index (κ1) is 14.7. The number of para-hydroxylation sites is 1. The Bertz CT molecular complexity index is 862. The molecule has 110 valence electrons. The highest BCUT2D eigenvalue weighted by Crippen LogP contribution is 2.31. The monoisotopic (exact) mass is 359 g/mol. The third kappa shape index (κ3) is 2.48. The Kier molecular flexibility index (Phi) is 3.90. The van der Waals surface area contributed by atoms with Crippen LogP contribution in [0.4, 0.5) is 4.39 Å². The van der Waals surface area contributed by atoms with Gasteiger partial charge in [-0.15, -0.1) is 0 Å². The van der Waals surface area contributed by atoms with E-state index in [1.165, 1.54) is 12.1 Å². The number of aromatic carboxylic acids is 1. The van der Waals surface area contributed by atoms with Gasteiger partial charge in [0, 0.05) is 21.8 Å².